The number of hydrogen-bond acceptors (Lipinski definition) is 5. The second-order valence-electron chi connectivity index (χ2n) is 5.94. The highest BCUT2D eigenvalue weighted by Crippen LogP contribution is 2.32. The number of benzene rings is 2. The van der Waals surface area contributed by atoms with E-state index in [1.807, 2.05) is 18.2 Å². The smallest absolute Gasteiger partial charge is 0.271 e. The molecule has 0 atom stereocenters. The van der Waals surface area contributed by atoms with Crippen LogP contribution in [0.1, 0.15) is 34.3 Å². The van der Waals surface area contributed by atoms with Gasteiger partial charge < -0.3 is 14.2 Å². The van der Waals surface area contributed by atoms with Crippen LogP contribution >= 0.6 is 0 Å². The van der Waals surface area contributed by atoms with E-state index in [9.17, 15) is 4.79 Å². The van der Waals surface area contributed by atoms with Gasteiger partial charge in [-0.25, -0.2) is 5.43 Å². The lowest BCUT2D eigenvalue weighted by Crippen LogP contribution is -2.22. The Balaban J connectivity index is 1.53. The van der Waals surface area contributed by atoms with Crippen molar-refractivity contribution in [2.75, 3.05) is 13.9 Å². The second kappa shape index (κ2) is 6.47. The summed E-state index contributed by atoms with van der Waals surface area (Å²) in [5, 5.41) is 4.35. The minimum atomic E-state index is -0.272. The Hall–Kier alpha value is -3.02. The maximum Gasteiger partial charge on any atom is 0.271 e. The summed E-state index contributed by atoms with van der Waals surface area (Å²) in [6.07, 6.45) is 2.82. The monoisotopic (exact) mass is 338 g/mol. The summed E-state index contributed by atoms with van der Waals surface area (Å²) < 4.78 is 15.8. The summed E-state index contributed by atoms with van der Waals surface area (Å²) in [6, 6.07) is 11.0. The normalized spacial score (nSPS) is 16.4. The van der Waals surface area contributed by atoms with Gasteiger partial charge in [-0.05, 0) is 61.2 Å². The lowest BCUT2D eigenvalue weighted by Gasteiger charge is -2.18. The molecule has 2 aromatic rings. The zero-order valence-corrected chi connectivity index (χ0v) is 13.9. The van der Waals surface area contributed by atoms with E-state index >= 15 is 0 Å². The molecule has 1 N–H and O–H groups in total. The molecule has 25 heavy (non-hydrogen) atoms. The van der Waals surface area contributed by atoms with Gasteiger partial charge >= 0.3 is 0 Å². The van der Waals surface area contributed by atoms with Crippen molar-refractivity contribution < 1.29 is 19.0 Å². The fraction of sp³-hybridized carbons (Fsp3) is 0.263. The standard InChI is InChI=1S/C19H18N2O4/c1-23-14-6-7-15-12(9-14)3-2-4-16(15)20-21-19(22)13-5-8-17-18(10-13)25-11-24-17/h5-10H,2-4,11H2,1H3,(H,21,22)/b20-16-. The van der Waals surface area contributed by atoms with Crippen LogP contribution in [0.2, 0.25) is 0 Å². The molecule has 128 valence electrons. The van der Waals surface area contributed by atoms with E-state index in [1.54, 1.807) is 25.3 Å². The number of methoxy groups -OCH3 is 1. The van der Waals surface area contributed by atoms with Crippen molar-refractivity contribution in [1.29, 1.82) is 0 Å². The predicted molar refractivity (Wildman–Crippen MR) is 92.5 cm³/mol. The van der Waals surface area contributed by atoms with Crippen molar-refractivity contribution in [1.82, 2.24) is 5.43 Å². The van der Waals surface area contributed by atoms with Gasteiger partial charge in [0.15, 0.2) is 11.5 Å². The average Bonchev–Trinajstić information content (AvgIpc) is 3.13. The number of carbonyl (C=O) groups excluding carboxylic acids is 1. The number of fused-ring (bicyclic) bond motifs is 2. The summed E-state index contributed by atoms with van der Waals surface area (Å²) in [5.74, 6) is 1.80. The molecule has 4 rings (SSSR count). The Labute approximate surface area is 145 Å². The Morgan fingerprint density at radius 3 is 2.88 bits per heavy atom. The van der Waals surface area contributed by atoms with Crippen LogP contribution in [0.5, 0.6) is 17.2 Å². The minimum Gasteiger partial charge on any atom is -0.497 e. The van der Waals surface area contributed by atoms with E-state index in [0.717, 1.165) is 36.3 Å². The van der Waals surface area contributed by atoms with Crippen LogP contribution in [0.3, 0.4) is 0 Å². The van der Waals surface area contributed by atoms with Gasteiger partial charge in [-0.1, -0.05) is 0 Å². The quantitative estimate of drug-likeness (QED) is 0.874. The molecule has 6 nitrogen and oxygen atoms in total. The summed E-state index contributed by atoms with van der Waals surface area (Å²) in [5.41, 5.74) is 6.29. The zero-order chi connectivity index (χ0) is 17.2. The van der Waals surface area contributed by atoms with Gasteiger partial charge in [0.25, 0.3) is 5.91 Å². The highest BCUT2D eigenvalue weighted by molar-refractivity contribution is 6.04. The molecule has 0 spiro atoms. The molecular weight excluding hydrogens is 320 g/mol. The number of hydrazone groups is 1. The largest absolute Gasteiger partial charge is 0.497 e. The number of nitrogens with zero attached hydrogens (tertiary/aromatic N) is 1. The third kappa shape index (κ3) is 3.03. The molecular formula is C19H18N2O4. The maximum atomic E-state index is 12.4. The molecule has 0 fully saturated rings. The summed E-state index contributed by atoms with van der Waals surface area (Å²) in [6.45, 7) is 0.183. The molecule has 0 aromatic heterocycles. The van der Waals surface area contributed by atoms with Gasteiger partial charge in [-0.15, -0.1) is 0 Å². The lowest BCUT2D eigenvalue weighted by atomic mass is 9.90. The van der Waals surface area contributed by atoms with Crippen molar-refractivity contribution in [2.45, 2.75) is 19.3 Å². The zero-order valence-electron chi connectivity index (χ0n) is 13.9. The number of nitrogens with one attached hydrogen (secondary N) is 1. The number of ether oxygens (including phenoxy) is 3. The molecule has 0 saturated heterocycles. The number of carbonyl (C=O) groups is 1. The molecule has 1 heterocycles. The first-order valence-electron chi connectivity index (χ1n) is 8.18. The third-order valence-electron chi connectivity index (χ3n) is 4.41. The van der Waals surface area contributed by atoms with E-state index in [2.05, 4.69) is 10.5 Å². The Morgan fingerprint density at radius 2 is 2.00 bits per heavy atom. The van der Waals surface area contributed by atoms with E-state index in [1.165, 1.54) is 5.56 Å². The van der Waals surface area contributed by atoms with Gasteiger partial charge in [-0.2, -0.15) is 5.10 Å². The van der Waals surface area contributed by atoms with Crippen molar-refractivity contribution in [3.8, 4) is 17.2 Å². The Bertz CT molecular complexity index is 860. The van der Waals surface area contributed by atoms with Gasteiger partial charge in [0.05, 0.1) is 12.8 Å². The molecule has 0 radical (unpaired) electrons. The van der Waals surface area contributed by atoms with Crippen LogP contribution < -0.4 is 19.6 Å². The van der Waals surface area contributed by atoms with E-state index < -0.39 is 0 Å². The van der Waals surface area contributed by atoms with Crippen molar-refractivity contribution >= 4 is 11.6 Å². The van der Waals surface area contributed by atoms with Gasteiger partial charge in [0.1, 0.15) is 5.75 Å². The molecule has 2 aromatic carbocycles. The van der Waals surface area contributed by atoms with Crippen molar-refractivity contribution in [3.05, 3.63) is 53.1 Å². The molecule has 1 aliphatic heterocycles. The van der Waals surface area contributed by atoms with Crippen LogP contribution in [-0.2, 0) is 6.42 Å². The molecule has 0 unspecified atom stereocenters. The molecule has 6 heteroatoms. The lowest BCUT2D eigenvalue weighted by molar-refractivity contribution is 0.0954. The highest BCUT2D eigenvalue weighted by Gasteiger charge is 2.18. The second-order valence-corrected chi connectivity index (χ2v) is 5.94. The molecule has 0 saturated carbocycles. The van der Waals surface area contributed by atoms with Crippen LogP contribution in [0.25, 0.3) is 0 Å². The minimum absolute atomic E-state index is 0.183. The van der Waals surface area contributed by atoms with Crippen molar-refractivity contribution in [2.24, 2.45) is 5.10 Å². The van der Waals surface area contributed by atoms with E-state index in [4.69, 9.17) is 14.2 Å². The number of amides is 1. The molecule has 1 amide bonds. The number of hydrogen-bond donors (Lipinski definition) is 1. The van der Waals surface area contributed by atoms with Crippen LogP contribution in [-0.4, -0.2) is 25.5 Å². The van der Waals surface area contributed by atoms with Crippen LogP contribution in [0.15, 0.2) is 41.5 Å². The predicted octanol–water partition coefficient (Wildman–Crippen LogP) is 2.89. The summed E-state index contributed by atoms with van der Waals surface area (Å²) >= 11 is 0. The summed E-state index contributed by atoms with van der Waals surface area (Å²) in [7, 11) is 1.66. The average molecular weight is 338 g/mol. The fourth-order valence-electron chi connectivity index (χ4n) is 3.10. The highest BCUT2D eigenvalue weighted by atomic mass is 16.7. The number of rotatable bonds is 3. The first-order valence-corrected chi connectivity index (χ1v) is 8.18. The molecule has 0 bridgehead atoms. The third-order valence-corrected chi connectivity index (χ3v) is 4.41. The first kappa shape index (κ1) is 15.5. The van der Waals surface area contributed by atoms with Gasteiger partial charge in [0.2, 0.25) is 6.79 Å². The van der Waals surface area contributed by atoms with E-state index in [0.29, 0.717) is 17.1 Å². The SMILES string of the molecule is COc1ccc2c(c1)CCC/C2=N/NC(=O)c1ccc2c(c1)OCO2. The Morgan fingerprint density at radius 1 is 1.12 bits per heavy atom. The fourth-order valence-corrected chi connectivity index (χ4v) is 3.10. The summed E-state index contributed by atoms with van der Waals surface area (Å²) in [4.78, 5) is 12.4. The first-order chi connectivity index (χ1) is 12.2. The van der Waals surface area contributed by atoms with Crippen molar-refractivity contribution in [3.63, 3.8) is 0 Å². The van der Waals surface area contributed by atoms with Crippen LogP contribution in [0.4, 0.5) is 0 Å². The maximum absolute atomic E-state index is 12.4. The van der Waals surface area contributed by atoms with E-state index in [-0.39, 0.29) is 12.7 Å². The topological polar surface area (TPSA) is 69.2 Å². The number of aryl methyl sites for hydroxylation is 1. The molecule has 2 aliphatic rings. The molecule has 1 aliphatic carbocycles. The Kier molecular flexibility index (Phi) is 4.01. The van der Waals surface area contributed by atoms with Gasteiger partial charge in [0, 0.05) is 11.1 Å². The van der Waals surface area contributed by atoms with Crippen LogP contribution in [0, 0.1) is 0 Å². The van der Waals surface area contributed by atoms with Gasteiger partial charge in [-0.3, -0.25) is 4.79 Å².